The van der Waals surface area contributed by atoms with Gasteiger partial charge in [0.15, 0.2) is 11.6 Å². The Morgan fingerprint density at radius 3 is 2.04 bits per heavy atom. The molecule has 4 rings (SSSR count). The Bertz CT molecular complexity index is 1040. The minimum atomic E-state index is -0.160. The monoisotopic (exact) mass is 335 g/mol. The highest BCUT2D eigenvalue weighted by atomic mass is 32.1. The Morgan fingerprint density at radius 1 is 0.917 bits per heavy atom. The smallest absolute Gasteiger partial charge is 0.197 e. The van der Waals surface area contributed by atoms with E-state index in [4.69, 9.17) is 0 Å². The van der Waals surface area contributed by atoms with E-state index in [2.05, 4.69) is 17.6 Å². The van der Waals surface area contributed by atoms with E-state index in [-0.39, 0.29) is 17.1 Å². The highest BCUT2D eigenvalue weighted by Crippen LogP contribution is 2.33. The zero-order valence-corrected chi connectivity index (χ0v) is 14.9. The van der Waals surface area contributed by atoms with Crippen molar-refractivity contribution in [2.45, 2.75) is 20.8 Å². The number of aryl methyl sites for hydroxylation is 4. The number of nitrogens with zero attached hydrogens (tertiary/aromatic N) is 1. The molecular formula is C20H17NO2S. The van der Waals surface area contributed by atoms with E-state index in [0.29, 0.717) is 11.1 Å². The Hall–Kier alpha value is -2.46. The molecule has 2 heterocycles. The molecule has 0 aliphatic heterocycles. The Balaban J connectivity index is 1.82. The van der Waals surface area contributed by atoms with Crippen molar-refractivity contribution < 1.29 is 9.59 Å². The van der Waals surface area contributed by atoms with Crippen LogP contribution in [0.25, 0.3) is 16.3 Å². The fraction of sp³-hybridized carbons (Fsp3) is 0.200. The first-order chi connectivity index (χ1) is 11.4. The van der Waals surface area contributed by atoms with Crippen LogP contribution in [0.5, 0.6) is 0 Å². The van der Waals surface area contributed by atoms with Crippen LogP contribution in [-0.4, -0.2) is 16.1 Å². The normalized spacial score (nSPS) is 13.9. The number of Topliss-reactive ketones (excluding diaryl/α,β-unsaturated/α-hetero) is 2. The van der Waals surface area contributed by atoms with Gasteiger partial charge in [0, 0.05) is 28.7 Å². The van der Waals surface area contributed by atoms with E-state index in [9.17, 15) is 9.59 Å². The van der Waals surface area contributed by atoms with Crippen molar-refractivity contribution >= 4 is 39.2 Å². The number of carbonyl (C=O) groups excluding carboxylic acids is 2. The molecule has 0 radical (unpaired) electrons. The van der Waals surface area contributed by atoms with Crippen LogP contribution >= 0.6 is 11.3 Å². The molecule has 0 saturated heterocycles. The van der Waals surface area contributed by atoms with Crippen LogP contribution in [0.3, 0.4) is 0 Å². The van der Waals surface area contributed by atoms with Crippen LogP contribution in [0.2, 0.25) is 0 Å². The molecule has 4 heteroatoms. The molecule has 3 nitrogen and oxygen atoms in total. The largest absolute Gasteiger partial charge is 0.347 e. The predicted molar refractivity (Wildman–Crippen MR) is 98.1 cm³/mol. The predicted octanol–water partition coefficient (Wildman–Crippen LogP) is 4.63. The van der Waals surface area contributed by atoms with Gasteiger partial charge in [-0.1, -0.05) is 0 Å². The van der Waals surface area contributed by atoms with E-state index in [1.807, 2.05) is 39.1 Å². The number of ketones is 2. The van der Waals surface area contributed by atoms with Gasteiger partial charge >= 0.3 is 0 Å². The van der Waals surface area contributed by atoms with Crippen molar-refractivity contribution in [3.05, 3.63) is 62.7 Å². The second-order valence-electron chi connectivity index (χ2n) is 6.44. The lowest BCUT2D eigenvalue weighted by Crippen LogP contribution is -1.99. The van der Waals surface area contributed by atoms with Crippen molar-refractivity contribution in [2.24, 2.45) is 7.05 Å². The number of aromatic nitrogens is 1. The maximum atomic E-state index is 12.7. The molecule has 24 heavy (non-hydrogen) atoms. The standard InChI is InChI=1S/C20H17NO2S/c1-10-5-14-15(6-11(10)2)20(23)16(19(14)22)8-13-9-17-18(24-13)7-12(3)21(17)4/h5-9H,1-4H3. The van der Waals surface area contributed by atoms with Crippen LogP contribution in [0.15, 0.2) is 29.8 Å². The van der Waals surface area contributed by atoms with Gasteiger partial charge < -0.3 is 4.57 Å². The second kappa shape index (κ2) is 5.02. The molecule has 0 atom stereocenters. The summed E-state index contributed by atoms with van der Waals surface area (Å²) in [7, 11) is 2.02. The van der Waals surface area contributed by atoms with Crippen LogP contribution in [0.4, 0.5) is 0 Å². The van der Waals surface area contributed by atoms with Gasteiger partial charge in [-0.05, 0) is 62.2 Å². The Kier molecular flexibility index (Phi) is 3.15. The quantitative estimate of drug-likeness (QED) is 0.480. The third-order valence-corrected chi connectivity index (χ3v) is 5.91. The van der Waals surface area contributed by atoms with E-state index in [1.165, 1.54) is 10.4 Å². The average molecular weight is 335 g/mol. The maximum Gasteiger partial charge on any atom is 0.197 e. The summed E-state index contributed by atoms with van der Waals surface area (Å²) in [6, 6.07) is 7.84. The number of hydrogen-bond acceptors (Lipinski definition) is 3. The zero-order chi connectivity index (χ0) is 17.2. The Morgan fingerprint density at radius 2 is 1.50 bits per heavy atom. The molecule has 0 unspecified atom stereocenters. The summed E-state index contributed by atoms with van der Waals surface area (Å²) in [5.41, 5.74) is 5.74. The van der Waals surface area contributed by atoms with Gasteiger partial charge in [-0.2, -0.15) is 0 Å². The number of benzene rings is 1. The number of fused-ring (bicyclic) bond motifs is 2. The third kappa shape index (κ3) is 2.03. The zero-order valence-electron chi connectivity index (χ0n) is 14.1. The van der Waals surface area contributed by atoms with Gasteiger partial charge in [-0.15, -0.1) is 11.3 Å². The van der Waals surface area contributed by atoms with Crippen molar-refractivity contribution in [1.82, 2.24) is 4.57 Å². The van der Waals surface area contributed by atoms with Crippen molar-refractivity contribution in [2.75, 3.05) is 0 Å². The lowest BCUT2D eigenvalue weighted by molar-refractivity contribution is 0.0990. The number of carbonyl (C=O) groups is 2. The first kappa shape index (κ1) is 15.1. The summed E-state index contributed by atoms with van der Waals surface area (Å²) in [6.07, 6.45) is 1.75. The Labute approximate surface area is 144 Å². The topological polar surface area (TPSA) is 39.1 Å². The van der Waals surface area contributed by atoms with Crippen LogP contribution in [0.1, 0.15) is 42.4 Å². The van der Waals surface area contributed by atoms with Gasteiger partial charge in [0.25, 0.3) is 0 Å². The summed E-state index contributed by atoms with van der Waals surface area (Å²) in [4.78, 5) is 26.3. The molecule has 1 aliphatic rings. The molecule has 120 valence electrons. The molecule has 0 bridgehead atoms. The molecule has 3 aromatic rings. The van der Waals surface area contributed by atoms with E-state index in [0.717, 1.165) is 21.5 Å². The van der Waals surface area contributed by atoms with Gasteiger partial charge in [0.2, 0.25) is 0 Å². The molecule has 2 aromatic heterocycles. The highest BCUT2D eigenvalue weighted by molar-refractivity contribution is 7.19. The van der Waals surface area contributed by atoms with E-state index < -0.39 is 0 Å². The van der Waals surface area contributed by atoms with Gasteiger partial charge in [-0.3, -0.25) is 9.59 Å². The van der Waals surface area contributed by atoms with Crippen molar-refractivity contribution in [3.63, 3.8) is 0 Å². The van der Waals surface area contributed by atoms with Crippen LogP contribution in [-0.2, 0) is 7.05 Å². The molecular weight excluding hydrogens is 318 g/mol. The number of thiophene rings is 1. The summed E-state index contributed by atoms with van der Waals surface area (Å²) in [5.74, 6) is -0.321. The van der Waals surface area contributed by atoms with Gasteiger partial charge in [0.05, 0.1) is 15.8 Å². The van der Waals surface area contributed by atoms with Crippen LogP contribution in [0, 0.1) is 20.8 Å². The van der Waals surface area contributed by atoms with E-state index in [1.54, 1.807) is 17.4 Å². The van der Waals surface area contributed by atoms with Gasteiger partial charge in [0.1, 0.15) is 0 Å². The lowest BCUT2D eigenvalue weighted by atomic mass is 10.0. The summed E-state index contributed by atoms with van der Waals surface area (Å²) >= 11 is 1.61. The minimum absolute atomic E-state index is 0.160. The molecule has 0 spiro atoms. The van der Waals surface area contributed by atoms with Crippen molar-refractivity contribution in [3.8, 4) is 0 Å². The average Bonchev–Trinajstić information content (AvgIpc) is 3.11. The van der Waals surface area contributed by atoms with Crippen molar-refractivity contribution in [1.29, 1.82) is 0 Å². The minimum Gasteiger partial charge on any atom is -0.347 e. The lowest BCUT2D eigenvalue weighted by Gasteiger charge is -2.01. The van der Waals surface area contributed by atoms with E-state index >= 15 is 0 Å². The molecule has 0 amide bonds. The first-order valence-corrected chi connectivity index (χ1v) is 8.66. The first-order valence-electron chi connectivity index (χ1n) is 7.85. The fourth-order valence-electron chi connectivity index (χ4n) is 3.19. The second-order valence-corrected chi connectivity index (χ2v) is 7.56. The molecule has 0 N–H and O–H groups in total. The summed E-state index contributed by atoms with van der Waals surface area (Å²) in [5, 5.41) is 0. The molecule has 0 saturated carbocycles. The number of allylic oxidation sites excluding steroid dienone is 1. The number of rotatable bonds is 1. The third-order valence-electron chi connectivity index (χ3n) is 4.89. The summed E-state index contributed by atoms with van der Waals surface area (Å²) < 4.78 is 3.29. The van der Waals surface area contributed by atoms with Crippen LogP contribution < -0.4 is 0 Å². The molecule has 1 aromatic carbocycles. The maximum absolute atomic E-state index is 12.7. The fourth-order valence-corrected chi connectivity index (χ4v) is 4.32. The highest BCUT2D eigenvalue weighted by Gasteiger charge is 2.33. The SMILES string of the molecule is Cc1cc2c(cc1C)C(=O)C(=Cc1cc3c(cc(C)n3C)s1)C2=O. The molecule has 0 fully saturated rings. The van der Waals surface area contributed by atoms with Gasteiger partial charge in [-0.25, -0.2) is 0 Å². The number of hydrogen-bond donors (Lipinski definition) is 0. The molecule has 1 aliphatic carbocycles. The summed E-state index contributed by atoms with van der Waals surface area (Å²) in [6.45, 7) is 5.99.